The molecule has 90 valence electrons. The molecule has 0 aliphatic rings. The lowest BCUT2D eigenvalue weighted by Crippen LogP contribution is -2.17. The molecule has 1 aromatic rings. The predicted molar refractivity (Wildman–Crippen MR) is 53.1 cm³/mol. The molecule has 0 aromatic heterocycles. The second kappa shape index (κ2) is 3.97. The van der Waals surface area contributed by atoms with Gasteiger partial charge in [-0.25, -0.2) is 21.6 Å². The third-order valence-corrected chi connectivity index (χ3v) is 4.24. The molecular weight excluding hydrogens is 243 g/mol. The van der Waals surface area contributed by atoms with Crippen molar-refractivity contribution in [2.75, 3.05) is 5.73 Å². The molecule has 0 saturated carbocycles. The van der Waals surface area contributed by atoms with E-state index in [1.807, 2.05) is 0 Å². The Morgan fingerprint density at radius 2 is 1.69 bits per heavy atom. The van der Waals surface area contributed by atoms with Crippen LogP contribution in [-0.2, 0) is 9.84 Å². The van der Waals surface area contributed by atoms with Crippen LogP contribution in [0.5, 0.6) is 0 Å². The zero-order valence-corrected chi connectivity index (χ0v) is 9.41. The Kier molecular flexibility index (Phi) is 3.18. The second-order valence-electron chi connectivity index (χ2n) is 3.49. The Morgan fingerprint density at radius 3 is 2.12 bits per heavy atom. The van der Waals surface area contributed by atoms with Crippen LogP contribution < -0.4 is 5.73 Å². The minimum Gasteiger partial charge on any atom is -0.394 e. The highest BCUT2D eigenvalue weighted by Crippen LogP contribution is 2.27. The van der Waals surface area contributed by atoms with Crippen LogP contribution in [0.2, 0.25) is 0 Å². The van der Waals surface area contributed by atoms with E-state index in [0.717, 1.165) is 0 Å². The first kappa shape index (κ1) is 12.8. The zero-order valence-electron chi connectivity index (χ0n) is 8.59. The molecule has 0 atom stereocenters. The van der Waals surface area contributed by atoms with E-state index >= 15 is 0 Å². The summed E-state index contributed by atoms with van der Waals surface area (Å²) in [6.45, 7) is 2.56. The first-order chi connectivity index (χ1) is 7.19. The normalized spacial score (nSPS) is 12.1. The average molecular weight is 253 g/mol. The van der Waals surface area contributed by atoms with Crippen LogP contribution >= 0.6 is 0 Å². The van der Waals surface area contributed by atoms with Gasteiger partial charge < -0.3 is 5.73 Å². The van der Waals surface area contributed by atoms with E-state index in [9.17, 15) is 21.6 Å². The summed E-state index contributed by atoms with van der Waals surface area (Å²) in [5, 5.41) is -0.982. The summed E-state index contributed by atoms with van der Waals surface area (Å²) in [6.07, 6.45) is 0. The molecule has 0 unspecified atom stereocenters. The van der Waals surface area contributed by atoms with Crippen molar-refractivity contribution in [1.29, 1.82) is 0 Å². The topological polar surface area (TPSA) is 60.2 Å². The standard InChI is InChI=1S/C9H10F3NO2S/c1-4(2)16(14,15)6-3-5(10)9(13)8(12)7(6)11/h3-4H,13H2,1-2H3. The van der Waals surface area contributed by atoms with Crippen LogP contribution in [0.15, 0.2) is 11.0 Å². The van der Waals surface area contributed by atoms with Gasteiger partial charge >= 0.3 is 0 Å². The quantitative estimate of drug-likeness (QED) is 0.646. The largest absolute Gasteiger partial charge is 0.394 e. The molecule has 0 saturated heterocycles. The van der Waals surface area contributed by atoms with Crippen molar-refractivity contribution in [3.63, 3.8) is 0 Å². The fourth-order valence-corrected chi connectivity index (χ4v) is 2.16. The molecule has 0 spiro atoms. The molecule has 16 heavy (non-hydrogen) atoms. The van der Waals surface area contributed by atoms with Crippen molar-refractivity contribution in [3.05, 3.63) is 23.5 Å². The molecule has 0 heterocycles. The van der Waals surface area contributed by atoms with E-state index < -0.39 is 43.1 Å². The van der Waals surface area contributed by atoms with Crippen LogP contribution in [-0.4, -0.2) is 13.7 Å². The van der Waals surface area contributed by atoms with Crippen molar-refractivity contribution < 1.29 is 21.6 Å². The summed E-state index contributed by atoms with van der Waals surface area (Å²) in [4.78, 5) is -1.01. The number of hydrogen-bond donors (Lipinski definition) is 1. The van der Waals surface area contributed by atoms with E-state index in [4.69, 9.17) is 5.73 Å². The zero-order chi connectivity index (χ0) is 12.7. The van der Waals surface area contributed by atoms with E-state index in [1.54, 1.807) is 0 Å². The van der Waals surface area contributed by atoms with E-state index in [0.29, 0.717) is 6.07 Å². The Balaban J connectivity index is 3.61. The number of rotatable bonds is 2. The van der Waals surface area contributed by atoms with Crippen molar-refractivity contribution in [2.24, 2.45) is 0 Å². The fourth-order valence-electron chi connectivity index (χ4n) is 1.05. The Bertz CT molecular complexity index is 526. The van der Waals surface area contributed by atoms with Gasteiger partial charge in [-0.05, 0) is 19.9 Å². The first-order valence-corrected chi connectivity index (χ1v) is 5.91. The first-order valence-electron chi connectivity index (χ1n) is 4.36. The SMILES string of the molecule is CC(C)S(=O)(=O)c1cc(F)c(N)c(F)c1F. The van der Waals surface area contributed by atoms with Gasteiger partial charge in [0.1, 0.15) is 10.6 Å². The molecule has 1 aromatic carbocycles. The third-order valence-electron chi connectivity index (χ3n) is 2.09. The van der Waals surface area contributed by atoms with Gasteiger partial charge in [0.05, 0.1) is 5.25 Å². The second-order valence-corrected chi connectivity index (χ2v) is 5.96. The maximum atomic E-state index is 13.3. The lowest BCUT2D eigenvalue weighted by Gasteiger charge is -2.10. The highest BCUT2D eigenvalue weighted by molar-refractivity contribution is 7.92. The molecule has 2 N–H and O–H groups in total. The lowest BCUT2D eigenvalue weighted by molar-refractivity contribution is 0.474. The van der Waals surface area contributed by atoms with Crippen LogP contribution in [0.25, 0.3) is 0 Å². The fraction of sp³-hybridized carbons (Fsp3) is 0.333. The van der Waals surface area contributed by atoms with Crippen molar-refractivity contribution >= 4 is 15.5 Å². The van der Waals surface area contributed by atoms with Crippen LogP contribution in [0.1, 0.15) is 13.8 Å². The monoisotopic (exact) mass is 253 g/mol. The third kappa shape index (κ3) is 1.87. The number of halogens is 3. The molecule has 0 bridgehead atoms. The molecule has 0 radical (unpaired) electrons. The van der Waals surface area contributed by atoms with E-state index in [-0.39, 0.29) is 0 Å². The molecular formula is C9H10F3NO2S. The summed E-state index contributed by atoms with van der Waals surface area (Å²) < 4.78 is 62.5. The number of anilines is 1. The van der Waals surface area contributed by atoms with Crippen LogP contribution in [0.4, 0.5) is 18.9 Å². The minimum absolute atomic E-state index is 0.392. The van der Waals surface area contributed by atoms with Gasteiger partial charge in [0.15, 0.2) is 27.3 Å². The van der Waals surface area contributed by atoms with Crippen LogP contribution in [0.3, 0.4) is 0 Å². The Morgan fingerprint density at radius 1 is 1.19 bits per heavy atom. The van der Waals surface area contributed by atoms with Crippen molar-refractivity contribution in [1.82, 2.24) is 0 Å². The summed E-state index contributed by atoms with van der Waals surface area (Å²) in [7, 11) is -4.08. The Labute approximate surface area is 91.0 Å². The molecule has 0 fully saturated rings. The highest BCUT2D eigenvalue weighted by Gasteiger charge is 2.28. The van der Waals surface area contributed by atoms with Crippen LogP contribution in [0, 0.1) is 17.5 Å². The van der Waals surface area contributed by atoms with E-state index in [2.05, 4.69) is 0 Å². The number of sulfone groups is 1. The van der Waals surface area contributed by atoms with Gasteiger partial charge in [-0.2, -0.15) is 0 Å². The molecule has 0 aliphatic carbocycles. The average Bonchev–Trinajstić information content (AvgIpc) is 2.19. The number of hydrogen-bond acceptors (Lipinski definition) is 3. The Hall–Kier alpha value is -1.24. The smallest absolute Gasteiger partial charge is 0.186 e. The van der Waals surface area contributed by atoms with Gasteiger partial charge in [0.25, 0.3) is 0 Å². The number of nitrogen functional groups attached to an aromatic ring is 1. The maximum Gasteiger partial charge on any atom is 0.186 e. The molecule has 1 rings (SSSR count). The van der Waals surface area contributed by atoms with Gasteiger partial charge in [-0.15, -0.1) is 0 Å². The predicted octanol–water partition coefficient (Wildman–Crippen LogP) is 1.87. The number of nitrogens with two attached hydrogens (primary N) is 1. The van der Waals surface area contributed by atoms with Gasteiger partial charge in [-0.3, -0.25) is 0 Å². The van der Waals surface area contributed by atoms with Crippen molar-refractivity contribution in [3.8, 4) is 0 Å². The molecule has 0 aliphatic heterocycles. The molecule has 7 heteroatoms. The van der Waals surface area contributed by atoms with Gasteiger partial charge in [0.2, 0.25) is 0 Å². The van der Waals surface area contributed by atoms with Gasteiger partial charge in [-0.1, -0.05) is 0 Å². The highest BCUT2D eigenvalue weighted by atomic mass is 32.2. The summed E-state index contributed by atoms with van der Waals surface area (Å²) in [5.41, 5.74) is 3.86. The molecule has 3 nitrogen and oxygen atoms in total. The summed E-state index contributed by atoms with van der Waals surface area (Å²) in [6, 6.07) is 0.392. The number of benzene rings is 1. The van der Waals surface area contributed by atoms with E-state index in [1.165, 1.54) is 13.8 Å². The lowest BCUT2D eigenvalue weighted by atomic mass is 10.3. The molecule has 0 amide bonds. The maximum absolute atomic E-state index is 13.3. The van der Waals surface area contributed by atoms with Gasteiger partial charge in [0, 0.05) is 0 Å². The summed E-state index contributed by atoms with van der Waals surface area (Å²) in [5.74, 6) is -4.62. The minimum atomic E-state index is -4.08. The summed E-state index contributed by atoms with van der Waals surface area (Å²) >= 11 is 0. The van der Waals surface area contributed by atoms with Crippen molar-refractivity contribution in [2.45, 2.75) is 24.0 Å².